The van der Waals surface area contributed by atoms with Crippen LogP contribution in [0.15, 0.2) is 41.3 Å². The molecule has 0 atom stereocenters. The van der Waals surface area contributed by atoms with Gasteiger partial charge < -0.3 is 9.13 Å². The average Bonchev–Trinajstić information content (AvgIpc) is 2.89. The molecule has 2 heterocycles. The highest BCUT2D eigenvalue weighted by atomic mass is 35.5. The Kier molecular flexibility index (Phi) is 4.11. The second kappa shape index (κ2) is 5.96. The van der Waals surface area contributed by atoms with Crippen LogP contribution >= 0.6 is 23.2 Å². The van der Waals surface area contributed by atoms with Crippen LogP contribution in [0.5, 0.6) is 0 Å². The Bertz CT molecular complexity index is 998. The smallest absolute Gasteiger partial charge is 0.272 e. The number of non-ortho nitro benzene ring substituents is 1. The molecule has 0 unspecified atom stereocenters. The van der Waals surface area contributed by atoms with E-state index in [9.17, 15) is 14.9 Å². The molecule has 0 N–H and O–H groups in total. The molecule has 0 spiro atoms. The zero-order valence-corrected chi connectivity index (χ0v) is 14.4. The first-order valence-corrected chi connectivity index (χ1v) is 7.93. The maximum Gasteiger partial charge on any atom is 0.272 e. The van der Waals surface area contributed by atoms with Crippen LogP contribution in [0.2, 0.25) is 10.0 Å². The lowest BCUT2D eigenvalue weighted by atomic mass is 10.2. The van der Waals surface area contributed by atoms with Gasteiger partial charge in [0.2, 0.25) is 0 Å². The third kappa shape index (κ3) is 2.57. The zero-order chi connectivity index (χ0) is 17.6. The number of nitro benzene ring substituents is 1. The fraction of sp³-hybridized carbons (Fsp3) is 0.188. The van der Waals surface area contributed by atoms with Crippen LogP contribution in [-0.2, 0) is 0 Å². The number of fused-ring (bicyclic) bond motifs is 1. The van der Waals surface area contributed by atoms with Gasteiger partial charge in [-0.3, -0.25) is 14.9 Å². The minimum atomic E-state index is -0.550. The Balaban J connectivity index is 2.31. The summed E-state index contributed by atoms with van der Waals surface area (Å²) in [7, 11) is 0. The molecule has 0 aliphatic rings. The topological polar surface area (TPSA) is 70.1 Å². The number of nitrogens with zero attached hydrogens (tertiary/aromatic N) is 3. The van der Waals surface area contributed by atoms with E-state index in [0.29, 0.717) is 5.69 Å². The molecule has 1 aromatic carbocycles. The first kappa shape index (κ1) is 16.5. The number of benzene rings is 1. The van der Waals surface area contributed by atoms with Crippen molar-refractivity contribution >= 4 is 39.9 Å². The molecule has 24 heavy (non-hydrogen) atoms. The first-order valence-electron chi connectivity index (χ1n) is 7.17. The molecule has 124 valence electrons. The van der Waals surface area contributed by atoms with E-state index in [4.69, 9.17) is 23.2 Å². The van der Waals surface area contributed by atoms with E-state index >= 15 is 0 Å². The molecule has 0 radical (unpaired) electrons. The van der Waals surface area contributed by atoms with Crippen molar-refractivity contribution in [2.45, 2.75) is 19.9 Å². The van der Waals surface area contributed by atoms with E-state index in [1.54, 1.807) is 27.5 Å². The minimum Gasteiger partial charge on any atom is -0.312 e. The number of nitro groups is 1. The average molecular weight is 366 g/mol. The molecule has 2 aromatic heterocycles. The molecule has 0 aliphatic carbocycles. The van der Waals surface area contributed by atoms with Gasteiger partial charge in [-0.2, -0.15) is 0 Å². The van der Waals surface area contributed by atoms with Crippen molar-refractivity contribution in [3.63, 3.8) is 0 Å². The van der Waals surface area contributed by atoms with E-state index in [1.807, 2.05) is 13.8 Å². The van der Waals surface area contributed by atoms with Crippen molar-refractivity contribution in [1.82, 2.24) is 9.13 Å². The Morgan fingerprint density at radius 2 is 1.71 bits per heavy atom. The zero-order valence-electron chi connectivity index (χ0n) is 12.9. The standard InChI is InChI=1S/C16H13Cl2N3O3/c1-9(2)20-14-5-6-19(13(14)3-4-15(20)22)16-11(17)7-10(21(23)24)8-12(16)18/h3-9H,1-2H3. The number of hydrogen-bond acceptors (Lipinski definition) is 3. The maximum absolute atomic E-state index is 12.1. The van der Waals surface area contributed by atoms with Crippen LogP contribution in [0.3, 0.4) is 0 Å². The molecule has 0 aliphatic heterocycles. The molecule has 0 fully saturated rings. The molecule has 0 saturated carbocycles. The Labute approximate surface area is 147 Å². The van der Waals surface area contributed by atoms with E-state index in [1.165, 1.54) is 18.2 Å². The summed E-state index contributed by atoms with van der Waals surface area (Å²) in [6, 6.07) is 7.46. The summed E-state index contributed by atoms with van der Waals surface area (Å²) in [5.74, 6) is 0. The van der Waals surface area contributed by atoms with Crippen molar-refractivity contribution < 1.29 is 4.92 Å². The predicted octanol–water partition coefficient (Wildman–Crippen LogP) is 4.59. The van der Waals surface area contributed by atoms with Gasteiger partial charge in [-0.1, -0.05) is 23.2 Å². The summed E-state index contributed by atoms with van der Waals surface area (Å²) < 4.78 is 3.39. The van der Waals surface area contributed by atoms with Gasteiger partial charge in [0.1, 0.15) is 0 Å². The molecular weight excluding hydrogens is 353 g/mol. The molecule has 0 bridgehead atoms. The summed E-state index contributed by atoms with van der Waals surface area (Å²) in [4.78, 5) is 22.5. The first-order chi connectivity index (χ1) is 11.3. The molecule has 3 aromatic rings. The summed E-state index contributed by atoms with van der Waals surface area (Å²) in [5, 5.41) is 11.2. The van der Waals surface area contributed by atoms with Crippen molar-refractivity contribution in [1.29, 1.82) is 0 Å². The number of rotatable bonds is 3. The number of hydrogen-bond donors (Lipinski definition) is 0. The maximum atomic E-state index is 12.1. The van der Waals surface area contributed by atoms with Crippen LogP contribution in [0.25, 0.3) is 16.7 Å². The monoisotopic (exact) mass is 365 g/mol. The Morgan fingerprint density at radius 3 is 2.25 bits per heavy atom. The second-order valence-corrected chi connectivity index (χ2v) is 6.42. The Hall–Kier alpha value is -2.31. The van der Waals surface area contributed by atoms with Gasteiger partial charge >= 0.3 is 0 Å². The van der Waals surface area contributed by atoms with Crippen LogP contribution in [0.1, 0.15) is 19.9 Å². The largest absolute Gasteiger partial charge is 0.312 e. The number of pyridine rings is 1. The SMILES string of the molecule is CC(C)n1c(=O)ccc2c1ccn2-c1c(Cl)cc([N+](=O)[O-])cc1Cl. The van der Waals surface area contributed by atoms with Gasteiger partial charge in [-0.05, 0) is 26.0 Å². The minimum absolute atomic E-state index is 0.0140. The van der Waals surface area contributed by atoms with Crippen molar-refractivity contribution in [3.8, 4) is 5.69 Å². The lowest BCUT2D eigenvalue weighted by Crippen LogP contribution is -2.20. The van der Waals surface area contributed by atoms with Gasteiger partial charge in [0.05, 0.1) is 31.7 Å². The summed E-state index contributed by atoms with van der Waals surface area (Å²) in [6.07, 6.45) is 1.74. The molecule has 3 rings (SSSR count). The second-order valence-electron chi connectivity index (χ2n) is 5.61. The third-order valence-corrected chi connectivity index (χ3v) is 4.33. The molecule has 6 nitrogen and oxygen atoms in total. The normalized spacial score (nSPS) is 11.4. The number of halogens is 2. The summed E-state index contributed by atoms with van der Waals surface area (Å²) in [5.41, 5.74) is 1.64. The predicted molar refractivity (Wildman–Crippen MR) is 94.6 cm³/mol. The fourth-order valence-corrected chi connectivity index (χ4v) is 3.43. The molecule has 8 heteroatoms. The van der Waals surface area contributed by atoms with Crippen LogP contribution in [0.4, 0.5) is 5.69 Å². The van der Waals surface area contributed by atoms with Crippen LogP contribution < -0.4 is 5.56 Å². The van der Waals surface area contributed by atoms with Gasteiger partial charge in [0.15, 0.2) is 0 Å². The van der Waals surface area contributed by atoms with Crippen LogP contribution in [0, 0.1) is 10.1 Å². The highest BCUT2D eigenvalue weighted by Gasteiger charge is 2.18. The van der Waals surface area contributed by atoms with Gasteiger partial charge in [-0.25, -0.2) is 0 Å². The summed E-state index contributed by atoms with van der Waals surface area (Å²) in [6.45, 7) is 3.84. The van der Waals surface area contributed by atoms with E-state index in [-0.39, 0.29) is 27.3 Å². The lowest BCUT2D eigenvalue weighted by Gasteiger charge is -2.13. The van der Waals surface area contributed by atoms with E-state index in [2.05, 4.69) is 0 Å². The van der Waals surface area contributed by atoms with Crippen molar-refractivity contribution in [2.75, 3.05) is 0 Å². The van der Waals surface area contributed by atoms with Crippen molar-refractivity contribution in [3.05, 3.63) is 67.0 Å². The molecule has 0 amide bonds. The molecular formula is C16H13Cl2N3O3. The Morgan fingerprint density at radius 1 is 1.08 bits per heavy atom. The fourth-order valence-electron chi connectivity index (χ4n) is 2.77. The van der Waals surface area contributed by atoms with Gasteiger partial charge in [0.25, 0.3) is 11.2 Å². The highest BCUT2D eigenvalue weighted by Crippen LogP contribution is 2.35. The summed E-state index contributed by atoms with van der Waals surface area (Å²) >= 11 is 12.5. The van der Waals surface area contributed by atoms with E-state index in [0.717, 1.165) is 11.0 Å². The van der Waals surface area contributed by atoms with Crippen LogP contribution in [-0.4, -0.2) is 14.1 Å². The molecule has 0 saturated heterocycles. The van der Waals surface area contributed by atoms with E-state index < -0.39 is 4.92 Å². The van der Waals surface area contributed by atoms with Gasteiger partial charge in [0, 0.05) is 30.4 Å². The lowest BCUT2D eigenvalue weighted by molar-refractivity contribution is -0.384. The number of aromatic nitrogens is 2. The highest BCUT2D eigenvalue weighted by molar-refractivity contribution is 6.38. The third-order valence-electron chi connectivity index (χ3n) is 3.75. The quantitative estimate of drug-likeness (QED) is 0.503. The van der Waals surface area contributed by atoms with Crippen molar-refractivity contribution in [2.24, 2.45) is 0 Å². The van der Waals surface area contributed by atoms with Gasteiger partial charge in [-0.15, -0.1) is 0 Å².